The minimum Gasteiger partial charge on any atom is -0.399 e. The number of nitrogens with one attached hydrogen (secondary N) is 1. The maximum Gasteiger partial charge on any atom is 0.106 e. The predicted molar refractivity (Wildman–Crippen MR) is 67.0 cm³/mol. The summed E-state index contributed by atoms with van der Waals surface area (Å²) in [5.74, 6) is 1.05. The molecule has 16 heavy (non-hydrogen) atoms. The lowest BCUT2D eigenvalue weighted by atomic mass is 10.1. The molecule has 0 saturated heterocycles. The highest BCUT2D eigenvalue weighted by Crippen LogP contribution is 2.19. The molecule has 0 bridgehead atoms. The second-order valence-electron chi connectivity index (χ2n) is 3.97. The van der Waals surface area contributed by atoms with E-state index >= 15 is 0 Å². The molecular weight excluding hydrogens is 198 g/mol. The fourth-order valence-corrected chi connectivity index (χ4v) is 1.69. The number of benzene rings is 1. The van der Waals surface area contributed by atoms with Gasteiger partial charge in [-0.1, -0.05) is 25.5 Å². The third-order valence-electron chi connectivity index (χ3n) is 2.59. The monoisotopic (exact) mass is 215 g/mol. The minimum absolute atomic E-state index is 0.780. The third-order valence-corrected chi connectivity index (χ3v) is 2.59. The number of nitrogens with two attached hydrogens (primary N) is 1. The summed E-state index contributed by atoms with van der Waals surface area (Å²) < 4.78 is 0. The van der Waals surface area contributed by atoms with Gasteiger partial charge < -0.3 is 10.7 Å². The largest absolute Gasteiger partial charge is 0.399 e. The van der Waals surface area contributed by atoms with Crippen LogP contribution in [0.3, 0.4) is 0 Å². The summed E-state index contributed by atoms with van der Waals surface area (Å²) in [6, 6.07) is 7.83. The van der Waals surface area contributed by atoms with Crippen LogP contribution in [0.5, 0.6) is 0 Å². The molecule has 3 N–H and O–H groups in total. The number of nitrogens with zero attached hydrogens (tertiary/aromatic N) is 1. The molecule has 0 fully saturated rings. The van der Waals surface area contributed by atoms with Crippen LogP contribution in [0.1, 0.15) is 25.6 Å². The summed E-state index contributed by atoms with van der Waals surface area (Å²) in [4.78, 5) is 7.69. The van der Waals surface area contributed by atoms with Crippen molar-refractivity contribution in [2.75, 3.05) is 5.73 Å². The molecule has 0 amide bonds. The number of hydrogen-bond donors (Lipinski definition) is 2. The molecule has 2 aromatic rings. The van der Waals surface area contributed by atoms with Crippen LogP contribution < -0.4 is 5.73 Å². The van der Waals surface area contributed by atoms with Gasteiger partial charge >= 0.3 is 0 Å². The average Bonchev–Trinajstić information content (AvgIpc) is 2.75. The molecule has 3 heteroatoms. The van der Waals surface area contributed by atoms with Crippen LogP contribution in [0, 0.1) is 0 Å². The Bertz CT molecular complexity index is 460. The Morgan fingerprint density at radius 3 is 3.00 bits per heavy atom. The van der Waals surface area contributed by atoms with E-state index in [-0.39, 0.29) is 0 Å². The van der Waals surface area contributed by atoms with Gasteiger partial charge in [-0.15, -0.1) is 0 Å². The van der Waals surface area contributed by atoms with Crippen molar-refractivity contribution >= 4 is 5.69 Å². The van der Waals surface area contributed by atoms with E-state index in [4.69, 9.17) is 5.73 Å². The first kappa shape index (κ1) is 10.7. The number of hydrogen-bond acceptors (Lipinski definition) is 2. The van der Waals surface area contributed by atoms with Gasteiger partial charge in [0.25, 0.3) is 0 Å². The van der Waals surface area contributed by atoms with Gasteiger partial charge in [-0.05, 0) is 18.6 Å². The van der Waals surface area contributed by atoms with Gasteiger partial charge in [-0.3, -0.25) is 0 Å². The van der Waals surface area contributed by atoms with Crippen LogP contribution in [0.25, 0.3) is 11.3 Å². The van der Waals surface area contributed by atoms with Gasteiger partial charge in [0, 0.05) is 17.7 Å². The van der Waals surface area contributed by atoms with Crippen LogP contribution >= 0.6 is 0 Å². The molecule has 0 atom stereocenters. The molecule has 0 aliphatic heterocycles. The number of rotatable bonds is 4. The van der Waals surface area contributed by atoms with Crippen molar-refractivity contribution < 1.29 is 0 Å². The number of unbranched alkanes of at least 4 members (excludes halogenated alkanes) is 1. The number of anilines is 1. The lowest BCUT2D eigenvalue weighted by Gasteiger charge is -1.99. The summed E-state index contributed by atoms with van der Waals surface area (Å²) >= 11 is 0. The predicted octanol–water partition coefficient (Wildman–Crippen LogP) is 3.00. The number of aryl methyl sites for hydroxylation is 1. The number of nitrogen functional groups attached to an aromatic ring is 1. The Balaban J connectivity index is 2.18. The molecular formula is C13H17N3. The van der Waals surface area contributed by atoms with Gasteiger partial charge in [-0.2, -0.15) is 0 Å². The molecule has 0 aliphatic rings. The maximum atomic E-state index is 5.75. The molecule has 3 nitrogen and oxygen atoms in total. The molecule has 0 radical (unpaired) electrons. The smallest absolute Gasteiger partial charge is 0.106 e. The fourth-order valence-electron chi connectivity index (χ4n) is 1.69. The highest BCUT2D eigenvalue weighted by molar-refractivity contribution is 5.63. The van der Waals surface area contributed by atoms with Gasteiger partial charge in [0.2, 0.25) is 0 Å². The lowest BCUT2D eigenvalue weighted by Crippen LogP contribution is -1.88. The summed E-state index contributed by atoms with van der Waals surface area (Å²) in [7, 11) is 0. The van der Waals surface area contributed by atoms with Crippen molar-refractivity contribution in [3.8, 4) is 11.3 Å². The summed E-state index contributed by atoms with van der Waals surface area (Å²) in [6.07, 6.45) is 5.25. The second-order valence-corrected chi connectivity index (χ2v) is 3.97. The van der Waals surface area contributed by atoms with Crippen molar-refractivity contribution in [2.24, 2.45) is 0 Å². The molecule has 0 aliphatic carbocycles. The van der Waals surface area contributed by atoms with Gasteiger partial charge in [0.05, 0.1) is 11.9 Å². The van der Waals surface area contributed by atoms with Gasteiger partial charge in [0.15, 0.2) is 0 Å². The molecule has 1 aromatic heterocycles. The van der Waals surface area contributed by atoms with Crippen LogP contribution in [0.4, 0.5) is 5.69 Å². The minimum atomic E-state index is 0.780. The lowest BCUT2D eigenvalue weighted by molar-refractivity contribution is 0.763. The number of aromatic amines is 1. The molecule has 0 saturated carbocycles. The van der Waals surface area contributed by atoms with Crippen molar-refractivity contribution in [3.63, 3.8) is 0 Å². The van der Waals surface area contributed by atoms with Crippen molar-refractivity contribution in [1.82, 2.24) is 9.97 Å². The van der Waals surface area contributed by atoms with Crippen LogP contribution in [-0.2, 0) is 6.42 Å². The quantitative estimate of drug-likeness (QED) is 0.770. The van der Waals surface area contributed by atoms with E-state index in [9.17, 15) is 0 Å². The highest BCUT2D eigenvalue weighted by Gasteiger charge is 2.02. The molecule has 1 aromatic carbocycles. The van der Waals surface area contributed by atoms with Crippen molar-refractivity contribution in [2.45, 2.75) is 26.2 Å². The number of imidazole rings is 1. The Labute approximate surface area is 95.7 Å². The van der Waals surface area contributed by atoms with Crippen LogP contribution in [0.15, 0.2) is 30.5 Å². The highest BCUT2D eigenvalue weighted by atomic mass is 14.9. The van der Waals surface area contributed by atoms with Crippen LogP contribution in [-0.4, -0.2) is 9.97 Å². The van der Waals surface area contributed by atoms with E-state index in [0.717, 1.165) is 29.2 Å². The van der Waals surface area contributed by atoms with Crippen molar-refractivity contribution in [3.05, 3.63) is 36.3 Å². The summed E-state index contributed by atoms with van der Waals surface area (Å²) in [6.45, 7) is 2.18. The Kier molecular flexibility index (Phi) is 3.25. The molecule has 0 unspecified atom stereocenters. The molecule has 1 heterocycles. The summed E-state index contributed by atoms with van der Waals surface area (Å²) in [5, 5.41) is 0. The zero-order valence-corrected chi connectivity index (χ0v) is 9.53. The van der Waals surface area contributed by atoms with Gasteiger partial charge in [-0.25, -0.2) is 4.98 Å². The first-order chi connectivity index (χ1) is 7.79. The SMILES string of the molecule is CCCCc1ncc(-c2cccc(N)c2)[nH]1. The molecule has 84 valence electrons. The zero-order valence-electron chi connectivity index (χ0n) is 9.53. The van der Waals surface area contributed by atoms with E-state index in [1.165, 1.54) is 12.8 Å². The fraction of sp³-hybridized carbons (Fsp3) is 0.308. The normalized spacial score (nSPS) is 10.6. The van der Waals surface area contributed by atoms with E-state index in [0.29, 0.717) is 0 Å². The summed E-state index contributed by atoms with van der Waals surface area (Å²) in [5.41, 5.74) is 8.66. The van der Waals surface area contributed by atoms with Crippen LogP contribution in [0.2, 0.25) is 0 Å². The number of H-pyrrole nitrogens is 1. The molecule has 0 spiro atoms. The van der Waals surface area contributed by atoms with Gasteiger partial charge in [0.1, 0.15) is 5.82 Å². The number of aromatic nitrogens is 2. The van der Waals surface area contributed by atoms with E-state index in [1.807, 2.05) is 30.5 Å². The first-order valence-corrected chi connectivity index (χ1v) is 5.69. The van der Waals surface area contributed by atoms with E-state index < -0.39 is 0 Å². The van der Waals surface area contributed by atoms with E-state index in [1.54, 1.807) is 0 Å². The Morgan fingerprint density at radius 1 is 1.38 bits per heavy atom. The zero-order chi connectivity index (χ0) is 11.4. The standard InChI is InChI=1S/C13H17N3/c1-2-3-7-13-15-9-12(16-13)10-5-4-6-11(14)8-10/h4-6,8-9H,2-3,7,14H2,1H3,(H,15,16). The topological polar surface area (TPSA) is 54.7 Å². The van der Waals surface area contributed by atoms with Crippen molar-refractivity contribution in [1.29, 1.82) is 0 Å². The average molecular weight is 215 g/mol. The first-order valence-electron chi connectivity index (χ1n) is 5.69. The molecule has 2 rings (SSSR count). The Morgan fingerprint density at radius 2 is 2.25 bits per heavy atom. The Hall–Kier alpha value is -1.77. The van der Waals surface area contributed by atoms with E-state index in [2.05, 4.69) is 16.9 Å². The second kappa shape index (κ2) is 4.84. The maximum absolute atomic E-state index is 5.75. The third kappa shape index (κ3) is 2.42.